The number of carboxylic acid groups (broad SMARTS) is 2. The van der Waals surface area contributed by atoms with Crippen molar-refractivity contribution in [3.8, 4) is 11.5 Å². The van der Waals surface area contributed by atoms with Gasteiger partial charge in [-0.05, 0) is 79.3 Å². The topological polar surface area (TPSA) is 110 Å². The second kappa shape index (κ2) is 13.6. The van der Waals surface area contributed by atoms with E-state index in [4.69, 9.17) is 14.6 Å². The maximum atomic E-state index is 13.0. The lowest BCUT2D eigenvalue weighted by Crippen LogP contribution is -2.07. The summed E-state index contributed by atoms with van der Waals surface area (Å²) in [6.45, 7) is 0.463. The molecule has 3 aromatic rings. The number of ketones is 1. The minimum atomic E-state index is -1.11. The van der Waals surface area contributed by atoms with Gasteiger partial charge < -0.3 is 19.7 Å². The molecule has 3 rings (SSSR count). The van der Waals surface area contributed by atoms with Crippen LogP contribution in [-0.2, 0) is 11.2 Å². The van der Waals surface area contributed by atoms with E-state index in [1.807, 2.05) is 24.3 Å². The number of rotatable bonds is 14. The van der Waals surface area contributed by atoms with Crippen LogP contribution in [0.25, 0.3) is 6.08 Å². The quantitative estimate of drug-likeness (QED) is 0.208. The van der Waals surface area contributed by atoms with E-state index in [2.05, 4.69) is 12.2 Å². The number of hydrogen-bond donors (Lipinski definition) is 2. The highest BCUT2D eigenvalue weighted by Gasteiger charge is 2.15. The van der Waals surface area contributed by atoms with Crippen molar-refractivity contribution in [3.63, 3.8) is 0 Å². The molecule has 0 aliphatic rings. The van der Waals surface area contributed by atoms with Gasteiger partial charge in [0.2, 0.25) is 0 Å². The third-order valence-electron chi connectivity index (χ3n) is 5.75. The van der Waals surface area contributed by atoms with E-state index < -0.39 is 11.9 Å². The summed E-state index contributed by atoms with van der Waals surface area (Å²) < 4.78 is 11.1. The van der Waals surface area contributed by atoms with Gasteiger partial charge in [0.25, 0.3) is 0 Å². The Balaban J connectivity index is 1.59. The molecule has 0 saturated carbocycles. The summed E-state index contributed by atoms with van der Waals surface area (Å²) in [5.41, 5.74) is 2.35. The van der Waals surface area contributed by atoms with Crippen molar-refractivity contribution in [2.24, 2.45) is 0 Å². The molecule has 0 amide bonds. The van der Waals surface area contributed by atoms with Crippen molar-refractivity contribution in [2.45, 2.75) is 32.1 Å². The van der Waals surface area contributed by atoms with Gasteiger partial charge in [0.1, 0.15) is 11.5 Å². The summed E-state index contributed by atoms with van der Waals surface area (Å²) in [6.07, 6.45) is 6.92. The van der Waals surface area contributed by atoms with Gasteiger partial charge in [-0.2, -0.15) is 0 Å². The molecule has 7 nitrogen and oxygen atoms in total. The highest BCUT2D eigenvalue weighted by atomic mass is 16.5. The molecule has 2 N–H and O–H groups in total. The Hall–Kier alpha value is -4.39. The van der Waals surface area contributed by atoms with Crippen molar-refractivity contribution in [3.05, 3.63) is 101 Å². The number of ether oxygens (including phenoxy) is 2. The van der Waals surface area contributed by atoms with Gasteiger partial charge in [0.15, 0.2) is 5.78 Å². The van der Waals surface area contributed by atoms with Crippen LogP contribution in [-0.4, -0.2) is 41.7 Å². The van der Waals surface area contributed by atoms with Crippen LogP contribution in [0.1, 0.15) is 63.1 Å². The minimum Gasteiger partial charge on any atom is -0.497 e. The molecule has 0 fully saturated rings. The molecule has 37 heavy (non-hydrogen) atoms. The number of aryl methyl sites for hydroxylation is 1. The Labute approximate surface area is 216 Å². The van der Waals surface area contributed by atoms with Gasteiger partial charge in [0.05, 0.1) is 19.3 Å². The van der Waals surface area contributed by atoms with Crippen LogP contribution in [0.15, 0.2) is 72.8 Å². The Morgan fingerprint density at radius 1 is 0.865 bits per heavy atom. The lowest BCUT2D eigenvalue weighted by atomic mass is 9.98. The van der Waals surface area contributed by atoms with E-state index in [1.54, 1.807) is 31.4 Å². The second-order valence-corrected chi connectivity index (χ2v) is 8.45. The van der Waals surface area contributed by atoms with Gasteiger partial charge in [-0.25, -0.2) is 4.79 Å². The first-order chi connectivity index (χ1) is 17.9. The van der Waals surface area contributed by atoms with E-state index in [0.717, 1.165) is 30.6 Å². The molecule has 0 aliphatic carbocycles. The second-order valence-electron chi connectivity index (χ2n) is 8.45. The van der Waals surface area contributed by atoms with Crippen molar-refractivity contribution in [1.29, 1.82) is 0 Å². The molecule has 192 valence electrons. The Morgan fingerprint density at radius 2 is 1.59 bits per heavy atom. The number of carbonyl (C=O) groups is 3. The molecule has 0 aromatic heterocycles. The number of aliphatic carboxylic acids is 1. The predicted molar refractivity (Wildman–Crippen MR) is 141 cm³/mol. The summed E-state index contributed by atoms with van der Waals surface area (Å²) in [7, 11) is 1.64. The molecule has 3 aromatic carbocycles. The summed E-state index contributed by atoms with van der Waals surface area (Å²) in [5.74, 6) is -1.03. The lowest BCUT2D eigenvalue weighted by molar-refractivity contribution is -0.136. The predicted octanol–water partition coefficient (Wildman–Crippen LogP) is 5.90. The summed E-state index contributed by atoms with van der Waals surface area (Å²) in [6, 6.07) is 18.6. The molecule has 0 heterocycles. The zero-order valence-corrected chi connectivity index (χ0v) is 20.7. The number of aromatic carboxylic acids is 1. The first-order valence-electron chi connectivity index (χ1n) is 12.0. The molecule has 0 spiro atoms. The third-order valence-corrected chi connectivity index (χ3v) is 5.75. The Kier molecular flexibility index (Phi) is 10.0. The largest absolute Gasteiger partial charge is 0.497 e. The number of unbranched alkanes of at least 4 members (excludes halogenated alkanes) is 2. The average Bonchev–Trinajstić information content (AvgIpc) is 2.91. The number of benzene rings is 3. The van der Waals surface area contributed by atoms with Crippen molar-refractivity contribution in [2.75, 3.05) is 13.7 Å². The number of allylic oxidation sites excluding steroid dienone is 1. The highest BCUT2D eigenvalue weighted by molar-refractivity contribution is 6.10. The van der Waals surface area contributed by atoms with Crippen molar-refractivity contribution in [1.82, 2.24) is 0 Å². The van der Waals surface area contributed by atoms with Crippen LogP contribution in [0.3, 0.4) is 0 Å². The zero-order valence-electron chi connectivity index (χ0n) is 20.7. The van der Waals surface area contributed by atoms with Crippen LogP contribution in [0.4, 0.5) is 0 Å². The van der Waals surface area contributed by atoms with Crippen LogP contribution < -0.4 is 9.47 Å². The first-order valence-corrected chi connectivity index (χ1v) is 12.0. The maximum absolute atomic E-state index is 13.0. The fourth-order valence-corrected chi connectivity index (χ4v) is 3.74. The maximum Gasteiger partial charge on any atom is 0.335 e. The standard InChI is InChI=1S/C30H30O7/c1-36-26-14-10-21(11-15-26)7-4-2-3-5-18-37-27-16-12-24(19-22(27)13-17-28(31)32)29(33)23-8-6-9-25(20-23)30(34)35/h4,6-12,14-16,19-20H,2-3,5,13,17-18H2,1H3,(H,31,32)(H,34,35)/b7-4-. The molecule has 0 atom stereocenters. The summed E-state index contributed by atoms with van der Waals surface area (Å²) >= 11 is 0. The van der Waals surface area contributed by atoms with Gasteiger partial charge in [-0.3, -0.25) is 9.59 Å². The molecular formula is C30H30O7. The molecule has 0 saturated heterocycles. The molecule has 0 bridgehead atoms. The SMILES string of the molecule is COc1ccc(/C=C\CCCCOc2ccc(C(=O)c3cccc(C(=O)O)c3)cc2CCC(=O)O)cc1. The van der Waals surface area contributed by atoms with E-state index in [-0.39, 0.29) is 29.8 Å². The fraction of sp³-hybridized carbons (Fsp3) is 0.233. The van der Waals surface area contributed by atoms with Crippen molar-refractivity contribution >= 4 is 23.8 Å². The summed E-state index contributed by atoms with van der Waals surface area (Å²) in [4.78, 5) is 35.3. The Morgan fingerprint density at radius 3 is 2.30 bits per heavy atom. The number of methoxy groups -OCH3 is 1. The van der Waals surface area contributed by atoms with Gasteiger partial charge >= 0.3 is 11.9 Å². The van der Waals surface area contributed by atoms with E-state index in [9.17, 15) is 19.5 Å². The lowest BCUT2D eigenvalue weighted by Gasteiger charge is -2.13. The van der Waals surface area contributed by atoms with Crippen LogP contribution in [0.5, 0.6) is 11.5 Å². The van der Waals surface area contributed by atoms with Gasteiger partial charge in [-0.15, -0.1) is 0 Å². The summed E-state index contributed by atoms with van der Waals surface area (Å²) in [5, 5.41) is 18.3. The third kappa shape index (κ3) is 8.35. The van der Waals surface area contributed by atoms with E-state index in [1.165, 1.54) is 18.2 Å². The van der Waals surface area contributed by atoms with E-state index in [0.29, 0.717) is 23.5 Å². The molecule has 0 radical (unpaired) electrons. The number of carboxylic acids is 2. The zero-order chi connectivity index (χ0) is 26.6. The Bertz CT molecular complexity index is 1260. The molecule has 7 heteroatoms. The van der Waals surface area contributed by atoms with Crippen LogP contribution in [0.2, 0.25) is 0 Å². The average molecular weight is 503 g/mol. The monoisotopic (exact) mass is 502 g/mol. The van der Waals surface area contributed by atoms with Crippen LogP contribution in [0, 0.1) is 0 Å². The molecule has 0 unspecified atom stereocenters. The highest BCUT2D eigenvalue weighted by Crippen LogP contribution is 2.24. The molecule has 0 aliphatic heterocycles. The minimum absolute atomic E-state index is 0.0238. The van der Waals surface area contributed by atoms with E-state index >= 15 is 0 Å². The number of hydrogen-bond acceptors (Lipinski definition) is 5. The van der Waals surface area contributed by atoms with Crippen molar-refractivity contribution < 1.29 is 34.1 Å². The number of carbonyl (C=O) groups excluding carboxylic acids is 1. The fourth-order valence-electron chi connectivity index (χ4n) is 3.74. The van der Waals surface area contributed by atoms with Gasteiger partial charge in [0, 0.05) is 17.5 Å². The van der Waals surface area contributed by atoms with Crippen LogP contribution >= 0.6 is 0 Å². The first kappa shape index (κ1) is 27.2. The van der Waals surface area contributed by atoms with Gasteiger partial charge in [-0.1, -0.05) is 36.4 Å². The molecular weight excluding hydrogens is 472 g/mol. The normalized spacial score (nSPS) is 10.8. The smallest absolute Gasteiger partial charge is 0.335 e.